The number of oxime groups is 1. The van der Waals surface area contributed by atoms with Gasteiger partial charge in [-0.25, -0.2) is 14.5 Å². The molecule has 120 valence electrons. The first-order valence-corrected chi connectivity index (χ1v) is 7.52. The van der Waals surface area contributed by atoms with Crippen LogP contribution in [0.5, 0.6) is 0 Å². The summed E-state index contributed by atoms with van der Waals surface area (Å²) in [5.74, 6) is -0.527. The van der Waals surface area contributed by atoms with Crippen molar-refractivity contribution < 1.29 is 9.63 Å². The lowest BCUT2D eigenvalue weighted by atomic mass is 10.1. The van der Waals surface area contributed by atoms with E-state index in [1.165, 1.54) is 6.33 Å². The van der Waals surface area contributed by atoms with Crippen molar-refractivity contribution in [1.29, 1.82) is 0 Å². The Morgan fingerprint density at radius 2 is 1.83 bits per heavy atom. The standard InChI is InChI=1S/C17H13ClN4O2/c18-15-8-6-13(7-9-15)16(10-22-12-19-11-20-22)21-24-17(23)14-4-2-1-3-5-14/h1-9,11-12H,10H2. The molecule has 1 heterocycles. The van der Waals surface area contributed by atoms with Crippen LogP contribution in [-0.4, -0.2) is 26.4 Å². The minimum Gasteiger partial charge on any atom is -0.312 e. The maximum atomic E-state index is 12.1. The van der Waals surface area contributed by atoms with Crippen LogP contribution in [0.4, 0.5) is 0 Å². The molecule has 0 bridgehead atoms. The van der Waals surface area contributed by atoms with Gasteiger partial charge in [0.05, 0.1) is 12.1 Å². The largest absolute Gasteiger partial charge is 0.365 e. The SMILES string of the molecule is O=C(ON=C(Cn1cncn1)c1ccc(Cl)cc1)c1ccccc1. The summed E-state index contributed by atoms with van der Waals surface area (Å²) in [4.78, 5) is 21.0. The highest BCUT2D eigenvalue weighted by molar-refractivity contribution is 6.30. The van der Waals surface area contributed by atoms with Gasteiger partial charge in [0.1, 0.15) is 18.4 Å². The van der Waals surface area contributed by atoms with Gasteiger partial charge in [-0.2, -0.15) is 5.10 Å². The van der Waals surface area contributed by atoms with Crippen LogP contribution in [0.25, 0.3) is 0 Å². The number of halogens is 1. The molecule has 0 atom stereocenters. The summed E-state index contributed by atoms with van der Waals surface area (Å²) < 4.78 is 1.59. The second-order valence-electron chi connectivity index (χ2n) is 4.88. The highest BCUT2D eigenvalue weighted by Crippen LogP contribution is 2.12. The van der Waals surface area contributed by atoms with Gasteiger partial charge in [0.15, 0.2) is 0 Å². The van der Waals surface area contributed by atoms with Gasteiger partial charge < -0.3 is 4.84 Å². The smallest absolute Gasteiger partial charge is 0.312 e. The normalized spacial score (nSPS) is 11.3. The maximum Gasteiger partial charge on any atom is 0.365 e. The number of benzene rings is 2. The third kappa shape index (κ3) is 4.05. The Labute approximate surface area is 143 Å². The summed E-state index contributed by atoms with van der Waals surface area (Å²) in [5, 5.41) is 8.66. The third-order valence-corrected chi connectivity index (χ3v) is 3.46. The first kappa shape index (κ1) is 15.9. The Morgan fingerprint density at radius 3 is 2.50 bits per heavy atom. The van der Waals surface area contributed by atoms with E-state index in [2.05, 4.69) is 15.2 Å². The van der Waals surface area contributed by atoms with Crippen LogP contribution in [0.2, 0.25) is 5.02 Å². The van der Waals surface area contributed by atoms with Gasteiger partial charge in [0, 0.05) is 10.6 Å². The van der Waals surface area contributed by atoms with Crippen molar-refractivity contribution in [3.05, 3.63) is 83.4 Å². The molecule has 0 N–H and O–H groups in total. The fourth-order valence-corrected chi connectivity index (χ4v) is 2.13. The van der Waals surface area contributed by atoms with E-state index in [0.29, 0.717) is 22.8 Å². The predicted octanol–water partition coefficient (Wildman–Crippen LogP) is 3.19. The predicted molar refractivity (Wildman–Crippen MR) is 89.9 cm³/mol. The summed E-state index contributed by atoms with van der Waals surface area (Å²) in [7, 11) is 0. The average molecular weight is 341 g/mol. The lowest BCUT2D eigenvalue weighted by molar-refractivity contribution is 0.0515. The molecule has 2 aromatic carbocycles. The molecular weight excluding hydrogens is 328 g/mol. The van der Waals surface area contributed by atoms with Gasteiger partial charge in [-0.1, -0.05) is 47.1 Å². The number of aromatic nitrogens is 3. The Morgan fingerprint density at radius 1 is 1.08 bits per heavy atom. The van der Waals surface area contributed by atoms with Gasteiger partial charge in [-0.05, 0) is 24.3 Å². The Balaban J connectivity index is 1.83. The Bertz CT molecular complexity index is 831. The molecule has 0 aliphatic carbocycles. The highest BCUT2D eigenvalue weighted by Gasteiger charge is 2.10. The second kappa shape index (κ2) is 7.52. The average Bonchev–Trinajstić information content (AvgIpc) is 3.13. The first-order chi connectivity index (χ1) is 11.7. The van der Waals surface area contributed by atoms with Gasteiger partial charge >= 0.3 is 5.97 Å². The number of hydrogen-bond donors (Lipinski definition) is 0. The molecule has 6 nitrogen and oxygen atoms in total. The first-order valence-electron chi connectivity index (χ1n) is 7.14. The van der Waals surface area contributed by atoms with Crippen molar-refractivity contribution in [3.63, 3.8) is 0 Å². The second-order valence-corrected chi connectivity index (χ2v) is 5.32. The Kier molecular flexibility index (Phi) is 4.98. The molecule has 0 amide bonds. The van der Waals surface area contributed by atoms with E-state index in [9.17, 15) is 4.79 Å². The van der Waals surface area contributed by atoms with E-state index in [1.54, 1.807) is 59.5 Å². The summed E-state index contributed by atoms with van der Waals surface area (Å²) in [6.07, 6.45) is 2.99. The van der Waals surface area contributed by atoms with Gasteiger partial charge in [-0.3, -0.25) is 0 Å². The number of carbonyl (C=O) groups excluding carboxylic acids is 1. The molecule has 0 saturated heterocycles. The van der Waals surface area contributed by atoms with Crippen LogP contribution in [0, 0.1) is 0 Å². The quantitative estimate of drug-likeness (QED) is 0.406. The molecule has 0 radical (unpaired) electrons. The van der Waals surface area contributed by atoms with Crippen LogP contribution in [0.3, 0.4) is 0 Å². The van der Waals surface area contributed by atoms with Crippen molar-refractivity contribution >= 4 is 23.3 Å². The fourth-order valence-electron chi connectivity index (χ4n) is 2.01. The third-order valence-electron chi connectivity index (χ3n) is 3.20. The zero-order chi connectivity index (χ0) is 16.8. The van der Waals surface area contributed by atoms with E-state index in [1.807, 2.05) is 6.07 Å². The zero-order valence-electron chi connectivity index (χ0n) is 12.5. The lowest BCUT2D eigenvalue weighted by Crippen LogP contribution is -2.14. The molecule has 0 spiro atoms. The summed E-state index contributed by atoms with van der Waals surface area (Å²) in [6.45, 7) is 0.309. The molecule has 0 unspecified atom stereocenters. The van der Waals surface area contributed by atoms with Crippen molar-refractivity contribution in [1.82, 2.24) is 14.8 Å². The molecule has 0 saturated carbocycles. The Hall–Kier alpha value is -2.99. The molecule has 1 aromatic heterocycles. The molecule has 0 aliphatic rings. The maximum absolute atomic E-state index is 12.1. The molecular formula is C17H13ClN4O2. The van der Waals surface area contributed by atoms with Crippen LogP contribution >= 0.6 is 11.6 Å². The van der Waals surface area contributed by atoms with Crippen molar-refractivity contribution in [3.8, 4) is 0 Å². The molecule has 3 aromatic rings. The molecule has 0 fully saturated rings. The lowest BCUT2D eigenvalue weighted by Gasteiger charge is -2.07. The zero-order valence-corrected chi connectivity index (χ0v) is 13.3. The van der Waals surface area contributed by atoms with E-state index >= 15 is 0 Å². The van der Waals surface area contributed by atoms with Gasteiger partial charge in [0.25, 0.3) is 0 Å². The number of hydrogen-bond acceptors (Lipinski definition) is 5. The van der Waals surface area contributed by atoms with Gasteiger partial charge in [0.2, 0.25) is 0 Å². The van der Waals surface area contributed by atoms with Crippen molar-refractivity contribution in [2.45, 2.75) is 6.54 Å². The highest BCUT2D eigenvalue weighted by atomic mass is 35.5. The van der Waals surface area contributed by atoms with Crippen molar-refractivity contribution in [2.75, 3.05) is 0 Å². The monoisotopic (exact) mass is 340 g/mol. The van der Waals surface area contributed by atoms with Gasteiger partial charge in [-0.15, -0.1) is 0 Å². The minimum absolute atomic E-state index is 0.309. The van der Waals surface area contributed by atoms with E-state index in [4.69, 9.17) is 16.4 Å². The van der Waals surface area contributed by atoms with E-state index < -0.39 is 5.97 Å². The number of rotatable bonds is 5. The van der Waals surface area contributed by atoms with Crippen LogP contribution in [0.1, 0.15) is 15.9 Å². The van der Waals surface area contributed by atoms with Crippen LogP contribution < -0.4 is 0 Å². The number of carbonyl (C=O) groups is 1. The molecule has 0 aliphatic heterocycles. The van der Waals surface area contributed by atoms with Crippen molar-refractivity contribution in [2.24, 2.45) is 5.16 Å². The molecule has 3 rings (SSSR count). The molecule has 7 heteroatoms. The fraction of sp³-hybridized carbons (Fsp3) is 0.0588. The minimum atomic E-state index is -0.527. The van der Waals surface area contributed by atoms with Crippen LogP contribution in [-0.2, 0) is 11.4 Å². The summed E-state index contributed by atoms with van der Waals surface area (Å²) in [5.41, 5.74) is 1.73. The summed E-state index contributed by atoms with van der Waals surface area (Å²) >= 11 is 5.91. The topological polar surface area (TPSA) is 69.4 Å². The van der Waals surface area contributed by atoms with E-state index in [-0.39, 0.29) is 0 Å². The number of nitrogens with zero attached hydrogens (tertiary/aromatic N) is 4. The molecule has 24 heavy (non-hydrogen) atoms. The summed E-state index contributed by atoms with van der Waals surface area (Å²) in [6, 6.07) is 15.8. The van der Waals surface area contributed by atoms with E-state index in [0.717, 1.165) is 5.56 Å². The van der Waals surface area contributed by atoms with Crippen LogP contribution in [0.15, 0.2) is 72.4 Å².